The van der Waals surface area contributed by atoms with Crippen LogP contribution in [0, 0.1) is 5.41 Å². The van der Waals surface area contributed by atoms with E-state index in [1.165, 1.54) is 0 Å². The normalized spacial score (nSPS) is 27.6. The van der Waals surface area contributed by atoms with Gasteiger partial charge in [-0.3, -0.25) is 0 Å². The third-order valence-corrected chi connectivity index (χ3v) is 3.12. The second-order valence-electron chi connectivity index (χ2n) is 5.13. The van der Waals surface area contributed by atoms with Crippen LogP contribution in [0.1, 0.15) is 20.3 Å². The van der Waals surface area contributed by atoms with Gasteiger partial charge in [0.15, 0.2) is 0 Å². The fraction of sp³-hybridized carbons (Fsp3) is 1.00. The lowest BCUT2D eigenvalue weighted by molar-refractivity contribution is 0.0888. The van der Waals surface area contributed by atoms with Gasteiger partial charge in [0.25, 0.3) is 0 Å². The van der Waals surface area contributed by atoms with E-state index >= 15 is 0 Å². The number of hydrogen-bond donors (Lipinski definition) is 2. The Hall–Kier alpha value is -0.160. The lowest BCUT2D eigenvalue weighted by Crippen LogP contribution is -2.45. The van der Waals surface area contributed by atoms with Gasteiger partial charge in [-0.25, -0.2) is 0 Å². The Kier molecular flexibility index (Phi) is 5.69. The smallest absolute Gasteiger partial charge is 0.0638 e. The van der Waals surface area contributed by atoms with E-state index in [1.807, 2.05) is 6.92 Å². The van der Waals surface area contributed by atoms with E-state index in [4.69, 9.17) is 4.74 Å². The van der Waals surface area contributed by atoms with E-state index in [0.29, 0.717) is 0 Å². The van der Waals surface area contributed by atoms with E-state index in [9.17, 15) is 5.11 Å². The molecule has 4 nitrogen and oxygen atoms in total. The lowest BCUT2D eigenvalue weighted by Gasteiger charge is -2.33. The Balaban J connectivity index is 2.43. The minimum absolute atomic E-state index is 0.236. The quantitative estimate of drug-likeness (QED) is 0.661. The van der Waals surface area contributed by atoms with Crippen LogP contribution in [0.25, 0.3) is 0 Å². The van der Waals surface area contributed by atoms with Crippen LogP contribution in [0.15, 0.2) is 0 Å². The van der Waals surface area contributed by atoms with E-state index in [2.05, 4.69) is 24.2 Å². The second-order valence-corrected chi connectivity index (χ2v) is 5.13. The molecule has 2 atom stereocenters. The molecule has 1 aliphatic heterocycles. The first-order valence-corrected chi connectivity index (χ1v) is 6.23. The molecule has 2 N–H and O–H groups in total. The molecular weight excluding hydrogens is 204 g/mol. The molecule has 0 amide bonds. The highest BCUT2D eigenvalue weighted by atomic mass is 16.5. The van der Waals surface area contributed by atoms with Crippen molar-refractivity contribution in [2.45, 2.75) is 26.4 Å². The molecule has 0 radical (unpaired) electrons. The molecule has 0 bridgehead atoms. The van der Waals surface area contributed by atoms with Crippen molar-refractivity contribution >= 4 is 0 Å². The average Bonchev–Trinajstić information content (AvgIpc) is 2.62. The van der Waals surface area contributed by atoms with Gasteiger partial charge in [0.1, 0.15) is 0 Å². The minimum atomic E-state index is -0.261. The topological polar surface area (TPSA) is 44.7 Å². The maximum Gasteiger partial charge on any atom is 0.0638 e. The first-order chi connectivity index (χ1) is 7.58. The molecular formula is C12H26N2O2. The maximum absolute atomic E-state index is 9.37. The van der Waals surface area contributed by atoms with E-state index < -0.39 is 0 Å². The SMILES string of the molecule is CCNCC1(CN(C)CC(C)O)CCOC1. The fourth-order valence-corrected chi connectivity index (χ4v) is 2.45. The number of nitrogens with one attached hydrogen (secondary N) is 1. The first-order valence-electron chi connectivity index (χ1n) is 6.23. The summed E-state index contributed by atoms with van der Waals surface area (Å²) in [5.41, 5.74) is 0.236. The summed E-state index contributed by atoms with van der Waals surface area (Å²) < 4.78 is 5.53. The van der Waals surface area contributed by atoms with Gasteiger partial charge in [0, 0.05) is 31.7 Å². The molecule has 0 aromatic heterocycles. The molecule has 0 aromatic rings. The van der Waals surface area contributed by atoms with Gasteiger partial charge in [-0.1, -0.05) is 6.92 Å². The van der Waals surface area contributed by atoms with Crippen LogP contribution in [-0.4, -0.2) is 62.6 Å². The minimum Gasteiger partial charge on any atom is -0.392 e. The van der Waals surface area contributed by atoms with Crippen LogP contribution in [0.2, 0.25) is 0 Å². The molecule has 1 heterocycles. The largest absolute Gasteiger partial charge is 0.392 e. The van der Waals surface area contributed by atoms with Crippen molar-refractivity contribution in [3.05, 3.63) is 0 Å². The van der Waals surface area contributed by atoms with Crippen LogP contribution in [-0.2, 0) is 4.74 Å². The zero-order valence-corrected chi connectivity index (χ0v) is 10.8. The zero-order chi connectivity index (χ0) is 12.0. The molecule has 1 aliphatic rings. The van der Waals surface area contributed by atoms with E-state index in [0.717, 1.165) is 45.8 Å². The third kappa shape index (κ3) is 4.37. The Morgan fingerprint density at radius 1 is 1.56 bits per heavy atom. The van der Waals surface area contributed by atoms with E-state index in [-0.39, 0.29) is 11.5 Å². The highest BCUT2D eigenvalue weighted by Crippen LogP contribution is 2.28. The average molecular weight is 230 g/mol. The first kappa shape index (κ1) is 13.9. The van der Waals surface area contributed by atoms with Gasteiger partial charge < -0.3 is 20.1 Å². The van der Waals surface area contributed by atoms with Crippen molar-refractivity contribution in [1.29, 1.82) is 0 Å². The van der Waals surface area contributed by atoms with Crippen LogP contribution >= 0.6 is 0 Å². The van der Waals surface area contributed by atoms with Crippen molar-refractivity contribution in [3.8, 4) is 0 Å². The Morgan fingerprint density at radius 3 is 2.81 bits per heavy atom. The van der Waals surface area contributed by atoms with Crippen LogP contribution in [0.3, 0.4) is 0 Å². The standard InChI is InChI=1S/C12H26N2O2/c1-4-13-8-12(5-6-16-10-12)9-14(3)7-11(2)15/h11,13,15H,4-10H2,1-3H3. The summed E-state index contributed by atoms with van der Waals surface area (Å²) in [7, 11) is 2.07. The molecule has 1 saturated heterocycles. The number of likely N-dealkylation sites (N-methyl/N-ethyl adjacent to an activating group) is 1. The summed E-state index contributed by atoms with van der Waals surface area (Å²) in [6, 6.07) is 0. The molecule has 1 fully saturated rings. The summed E-state index contributed by atoms with van der Waals surface area (Å²) in [5, 5.41) is 12.8. The Morgan fingerprint density at radius 2 is 2.31 bits per heavy atom. The predicted molar refractivity (Wildman–Crippen MR) is 65.6 cm³/mol. The Bertz CT molecular complexity index is 191. The van der Waals surface area contributed by atoms with Crippen LogP contribution in [0.5, 0.6) is 0 Å². The second kappa shape index (κ2) is 6.55. The van der Waals surface area contributed by atoms with Gasteiger partial charge in [0.05, 0.1) is 12.7 Å². The number of aliphatic hydroxyl groups excluding tert-OH is 1. The van der Waals surface area contributed by atoms with Crippen molar-refractivity contribution < 1.29 is 9.84 Å². The van der Waals surface area contributed by atoms with Crippen molar-refractivity contribution in [1.82, 2.24) is 10.2 Å². The molecule has 2 unspecified atom stereocenters. The molecule has 0 saturated carbocycles. The summed E-state index contributed by atoms with van der Waals surface area (Å²) in [4.78, 5) is 2.21. The van der Waals surface area contributed by atoms with Gasteiger partial charge >= 0.3 is 0 Å². The molecule has 1 rings (SSSR count). The molecule has 0 aliphatic carbocycles. The number of aliphatic hydroxyl groups is 1. The molecule has 4 heteroatoms. The number of hydrogen-bond acceptors (Lipinski definition) is 4. The van der Waals surface area contributed by atoms with E-state index in [1.54, 1.807) is 0 Å². The summed E-state index contributed by atoms with van der Waals surface area (Å²) in [6.07, 6.45) is 0.855. The summed E-state index contributed by atoms with van der Waals surface area (Å²) in [5.74, 6) is 0. The van der Waals surface area contributed by atoms with Crippen molar-refractivity contribution in [2.75, 3.05) is 46.4 Å². The van der Waals surface area contributed by atoms with Crippen LogP contribution < -0.4 is 5.32 Å². The van der Waals surface area contributed by atoms with Gasteiger partial charge in [-0.2, -0.15) is 0 Å². The maximum atomic E-state index is 9.37. The molecule has 16 heavy (non-hydrogen) atoms. The lowest BCUT2D eigenvalue weighted by atomic mass is 9.86. The molecule has 0 spiro atoms. The summed E-state index contributed by atoms with van der Waals surface area (Å²) >= 11 is 0. The highest BCUT2D eigenvalue weighted by Gasteiger charge is 2.35. The molecule has 0 aromatic carbocycles. The zero-order valence-electron chi connectivity index (χ0n) is 10.8. The van der Waals surface area contributed by atoms with Crippen molar-refractivity contribution in [3.63, 3.8) is 0 Å². The van der Waals surface area contributed by atoms with Gasteiger partial charge in [-0.15, -0.1) is 0 Å². The number of rotatable bonds is 7. The Labute approximate surface area is 99.0 Å². The number of nitrogens with zero attached hydrogens (tertiary/aromatic N) is 1. The van der Waals surface area contributed by atoms with Crippen molar-refractivity contribution in [2.24, 2.45) is 5.41 Å². The number of ether oxygens (including phenoxy) is 1. The monoisotopic (exact) mass is 230 g/mol. The predicted octanol–water partition coefficient (Wildman–Crippen LogP) is 0.315. The van der Waals surface area contributed by atoms with Gasteiger partial charge in [0.2, 0.25) is 0 Å². The highest BCUT2D eigenvalue weighted by molar-refractivity contribution is 4.88. The third-order valence-electron chi connectivity index (χ3n) is 3.12. The van der Waals surface area contributed by atoms with Gasteiger partial charge in [-0.05, 0) is 26.9 Å². The van der Waals surface area contributed by atoms with Crippen LogP contribution in [0.4, 0.5) is 0 Å². The summed E-state index contributed by atoms with van der Waals surface area (Å²) in [6.45, 7) is 9.40. The molecule has 96 valence electrons. The fourth-order valence-electron chi connectivity index (χ4n) is 2.45.